The lowest BCUT2D eigenvalue weighted by Gasteiger charge is -2.29. The molecule has 0 aliphatic carbocycles. The number of carbonyl (C=O) groups is 2. The molecule has 0 radical (unpaired) electrons. The fourth-order valence-corrected chi connectivity index (χ4v) is 2.20. The molecule has 0 aromatic carbocycles. The highest BCUT2D eigenvalue weighted by molar-refractivity contribution is 6.01. The number of nitrogens with zero attached hydrogens (tertiary/aromatic N) is 2. The van der Waals surface area contributed by atoms with Crippen molar-refractivity contribution in [3.8, 4) is 0 Å². The average Bonchev–Trinajstić information content (AvgIpc) is 2.47. The van der Waals surface area contributed by atoms with Crippen LogP contribution in [-0.4, -0.2) is 41.4 Å². The molecular formula is C13H24N2O2. The van der Waals surface area contributed by atoms with Crippen LogP contribution in [0.3, 0.4) is 0 Å². The Kier molecular flexibility index (Phi) is 5.12. The van der Waals surface area contributed by atoms with Crippen molar-refractivity contribution in [2.45, 2.75) is 40.5 Å². The van der Waals surface area contributed by atoms with Gasteiger partial charge in [0.15, 0.2) is 0 Å². The molecule has 0 atom stereocenters. The van der Waals surface area contributed by atoms with Gasteiger partial charge in [-0.2, -0.15) is 0 Å². The first-order chi connectivity index (χ1) is 7.90. The highest BCUT2D eigenvalue weighted by Crippen LogP contribution is 2.14. The summed E-state index contributed by atoms with van der Waals surface area (Å²) in [6.45, 7) is 10.9. The second-order valence-electron chi connectivity index (χ2n) is 5.68. The van der Waals surface area contributed by atoms with Crippen LogP contribution >= 0.6 is 0 Å². The fraction of sp³-hybridized carbons (Fsp3) is 0.846. The Morgan fingerprint density at radius 3 is 1.76 bits per heavy atom. The van der Waals surface area contributed by atoms with E-state index in [2.05, 4.69) is 32.6 Å². The largest absolute Gasteiger partial charge is 0.285 e. The van der Waals surface area contributed by atoms with Gasteiger partial charge in [-0.25, -0.2) is 0 Å². The van der Waals surface area contributed by atoms with Crippen molar-refractivity contribution < 1.29 is 9.59 Å². The van der Waals surface area contributed by atoms with Gasteiger partial charge in [0.25, 0.3) is 0 Å². The van der Waals surface area contributed by atoms with E-state index < -0.39 is 0 Å². The molecule has 0 aromatic rings. The fourth-order valence-electron chi connectivity index (χ4n) is 2.20. The van der Waals surface area contributed by atoms with Gasteiger partial charge in [-0.3, -0.25) is 19.4 Å². The van der Waals surface area contributed by atoms with E-state index in [1.165, 1.54) is 4.90 Å². The van der Waals surface area contributed by atoms with E-state index in [1.807, 2.05) is 0 Å². The third-order valence-corrected chi connectivity index (χ3v) is 2.74. The number of carbonyl (C=O) groups excluding carboxylic acids is 2. The molecule has 17 heavy (non-hydrogen) atoms. The van der Waals surface area contributed by atoms with Gasteiger partial charge in [0, 0.05) is 25.9 Å². The first kappa shape index (κ1) is 14.2. The number of rotatable bonds is 6. The third-order valence-electron chi connectivity index (χ3n) is 2.74. The molecule has 1 saturated heterocycles. The Hall–Kier alpha value is -0.900. The molecule has 1 aliphatic heterocycles. The summed E-state index contributed by atoms with van der Waals surface area (Å²) >= 11 is 0. The van der Waals surface area contributed by atoms with Crippen LogP contribution in [0.1, 0.15) is 40.5 Å². The van der Waals surface area contributed by atoms with Crippen molar-refractivity contribution in [2.75, 3.05) is 19.8 Å². The van der Waals surface area contributed by atoms with E-state index >= 15 is 0 Å². The molecule has 1 fully saturated rings. The maximum atomic E-state index is 11.6. The highest BCUT2D eigenvalue weighted by atomic mass is 16.2. The molecule has 0 aromatic heterocycles. The van der Waals surface area contributed by atoms with Gasteiger partial charge in [-0.05, 0) is 11.8 Å². The summed E-state index contributed by atoms with van der Waals surface area (Å²) in [6.07, 6.45) is 0.770. The molecule has 1 rings (SSSR count). The van der Waals surface area contributed by atoms with Crippen molar-refractivity contribution in [2.24, 2.45) is 11.8 Å². The number of hydrogen-bond donors (Lipinski definition) is 0. The van der Waals surface area contributed by atoms with Crippen molar-refractivity contribution in [3.63, 3.8) is 0 Å². The highest BCUT2D eigenvalue weighted by Gasteiger charge is 2.30. The molecule has 1 heterocycles. The summed E-state index contributed by atoms with van der Waals surface area (Å²) < 4.78 is 0. The van der Waals surface area contributed by atoms with Crippen molar-refractivity contribution >= 4 is 11.8 Å². The minimum Gasteiger partial charge on any atom is -0.285 e. The second-order valence-corrected chi connectivity index (χ2v) is 5.68. The Morgan fingerprint density at radius 1 is 1.00 bits per heavy atom. The normalized spacial score (nSPS) is 17.0. The van der Waals surface area contributed by atoms with E-state index in [0.717, 1.165) is 13.1 Å². The van der Waals surface area contributed by atoms with E-state index in [0.29, 0.717) is 31.3 Å². The van der Waals surface area contributed by atoms with E-state index in [9.17, 15) is 9.59 Å². The maximum absolute atomic E-state index is 11.6. The lowest BCUT2D eigenvalue weighted by Crippen LogP contribution is -2.43. The summed E-state index contributed by atoms with van der Waals surface area (Å²) in [5.74, 6) is 1.04. The van der Waals surface area contributed by atoms with Crippen LogP contribution in [0.5, 0.6) is 0 Å². The Balaban J connectivity index is 2.58. The van der Waals surface area contributed by atoms with Crippen LogP contribution in [0.25, 0.3) is 0 Å². The van der Waals surface area contributed by atoms with Crippen LogP contribution < -0.4 is 0 Å². The first-order valence-electron chi connectivity index (χ1n) is 6.45. The second kappa shape index (κ2) is 6.15. The van der Waals surface area contributed by atoms with Gasteiger partial charge in [0.05, 0.1) is 6.67 Å². The molecule has 0 N–H and O–H groups in total. The zero-order valence-electron chi connectivity index (χ0n) is 11.4. The predicted octanol–water partition coefficient (Wildman–Crippen LogP) is 1.71. The van der Waals surface area contributed by atoms with Gasteiger partial charge in [0.2, 0.25) is 11.8 Å². The summed E-state index contributed by atoms with van der Waals surface area (Å²) in [7, 11) is 0. The molecule has 4 nitrogen and oxygen atoms in total. The van der Waals surface area contributed by atoms with Gasteiger partial charge < -0.3 is 0 Å². The molecule has 4 heteroatoms. The molecule has 0 bridgehead atoms. The zero-order chi connectivity index (χ0) is 13.0. The van der Waals surface area contributed by atoms with Crippen LogP contribution in [0.4, 0.5) is 0 Å². The third kappa shape index (κ3) is 4.46. The van der Waals surface area contributed by atoms with Gasteiger partial charge in [-0.1, -0.05) is 27.7 Å². The topological polar surface area (TPSA) is 40.6 Å². The number of likely N-dealkylation sites (tertiary alicyclic amines) is 1. The van der Waals surface area contributed by atoms with Crippen molar-refractivity contribution in [3.05, 3.63) is 0 Å². The summed E-state index contributed by atoms with van der Waals surface area (Å²) in [5.41, 5.74) is 0. The van der Waals surface area contributed by atoms with Crippen molar-refractivity contribution in [1.82, 2.24) is 9.80 Å². The molecule has 0 spiro atoms. The molecule has 98 valence electrons. The number of imide groups is 1. The van der Waals surface area contributed by atoms with E-state index in [-0.39, 0.29) is 11.8 Å². The lowest BCUT2D eigenvalue weighted by atomic mass is 10.1. The quantitative estimate of drug-likeness (QED) is 0.664. The summed E-state index contributed by atoms with van der Waals surface area (Å²) in [6, 6.07) is 0. The maximum Gasteiger partial charge on any atom is 0.230 e. The zero-order valence-corrected chi connectivity index (χ0v) is 11.4. The Morgan fingerprint density at radius 2 is 1.41 bits per heavy atom. The van der Waals surface area contributed by atoms with E-state index in [1.54, 1.807) is 0 Å². The molecule has 0 unspecified atom stereocenters. The summed E-state index contributed by atoms with van der Waals surface area (Å²) in [4.78, 5) is 26.8. The lowest BCUT2D eigenvalue weighted by molar-refractivity contribution is -0.141. The number of amides is 2. The van der Waals surface area contributed by atoms with Gasteiger partial charge in [-0.15, -0.1) is 0 Å². The monoisotopic (exact) mass is 240 g/mol. The summed E-state index contributed by atoms with van der Waals surface area (Å²) in [5, 5.41) is 0. The minimum absolute atomic E-state index is 0.0208. The predicted molar refractivity (Wildman–Crippen MR) is 67.2 cm³/mol. The number of hydrogen-bond acceptors (Lipinski definition) is 3. The van der Waals surface area contributed by atoms with Crippen LogP contribution in [0, 0.1) is 11.8 Å². The molecular weight excluding hydrogens is 216 g/mol. The SMILES string of the molecule is CC(C)CN(CC(C)C)CN1C(=O)CCC1=O. The molecule has 2 amide bonds. The average molecular weight is 240 g/mol. The minimum atomic E-state index is -0.0208. The van der Waals surface area contributed by atoms with Crippen molar-refractivity contribution in [1.29, 1.82) is 0 Å². The first-order valence-corrected chi connectivity index (χ1v) is 6.45. The Bertz CT molecular complexity index is 261. The standard InChI is InChI=1S/C13H24N2O2/c1-10(2)7-14(8-11(3)4)9-15-12(16)5-6-13(15)17/h10-11H,5-9H2,1-4H3. The van der Waals surface area contributed by atoms with Crippen LogP contribution in [-0.2, 0) is 9.59 Å². The van der Waals surface area contributed by atoms with Gasteiger partial charge in [0.1, 0.15) is 0 Å². The van der Waals surface area contributed by atoms with Crippen LogP contribution in [0.15, 0.2) is 0 Å². The molecule has 0 saturated carbocycles. The Labute approximate surface area is 104 Å². The van der Waals surface area contributed by atoms with E-state index in [4.69, 9.17) is 0 Å². The smallest absolute Gasteiger partial charge is 0.230 e. The van der Waals surface area contributed by atoms with Gasteiger partial charge >= 0.3 is 0 Å². The molecule has 1 aliphatic rings. The van der Waals surface area contributed by atoms with Crippen LogP contribution in [0.2, 0.25) is 0 Å².